The molecule has 0 aliphatic heterocycles. The Morgan fingerprint density at radius 1 is 1.24 bits per heavy atom. The summed E-state index contributed by atoms with van der Waals surface area (Å²) in [6, 6.07) is 7.78. The molecule has 0 radical (unpaired) electrons. The predicted octanol–water partition coefficient (Wildman–Crippen LogP) is 5.92. The molecule has 10 heteroatoms. The van der Waals surface area contributed by atoms with Crippen LogP contribution in [0.4, 0.5) is 18.0 Å². The van der Waals surface area contributed by atoms with E-state index < -0.39 is 29.6 Å². The lowest BCUT2D eigenvalue weighted by Crippen LogP contribution is -2.43. The van der Waals surface area contributed by atoms with Crippen molar-refractivity contribution in [3.8, 4) is 22.4 Å². The molecule has 2 aliphatic carbocycles. The number of aromatic nitrogens is 3. The molecule has 174 valence electrons. The highest BCUT2D eigenvalue weighted by molar-refractivity contribution is 6.33. The number of carbonyl (C=O) groups excluding carboxylic acids is 1. The van der Waals surface area contributed by atoms with Crippen LogP contribution in [0.1, 0.15) is 44.3 Å². The minimum absolute atomic E-state index is 0.0141. The molecule has 3 aromatic rings. The summed E-state index contributed by atoms with van der Waals surface area (Å²) in [6.45, 7) is 1.58. The van der Waals surface area contributed by atoms with Gasteiger partial charge in [-0.2, -0.15) is 18.3 Å². The van der Waals surface area contributed by atoms with Gasteiger partial charge in [-0.05, 0) is 44.7 Å². The second kappa shape index (κ2) is 7.63. The molecule has 1 aromatic carbocycles. The van der Waals surface area contributed by atoms with E-state index in [1.807, 2.05) is 0 Å². The zero-order chi connectivity index (χ0) is 23.5. The van der Waals surface area contributed by atoms with Crippen LogP contribution in [0.15, 0.2) is 42.7 Å². The number of rotatable bonds is 4. The van der Waals surface area contributed by atoms with Gasteiger partial charge in [0, 0.05) is 27.9 Å². The average molecular weight is 480 g/mol. The number of hydrogen-bond donors (Lipinski definition) is 1. The summed E-state index contributed by atoms with van der Waals surface area (Å²) in [5.41, 5.74) is -1.15. The Balaban J connectivity index is 1.64. The van der Waals surface area contributed by atoms with E-state index >= 15 is 0 Å². The van der Waals surface area contributed by atoms with Crippen LogP contribution in [-0.4, -0.2) is 37.3 Å². The number of ether oxygens (including phenoxy) is 1. The molecule has 0 saturated heterocycles. The van der Waals surface area contributed by atoms with E-state index in [4.69, 9.17) is 16.3 Å². The van der Waals surface area contributed by atoms with E-state index in [0.29, 0.717) is 16.1 Å². The Hall–Kier alpha value is -2.78. The van der Waals surface area contributed by atoms with Crippen LogP contribution in [-0.2, 0) is 10.9 Å². The van der Waals surface area contributed by atoms with Crippen LogP contribution in [0, 0.1) is 0 Å². The van der Waals surface area contributed by atoms with E-state index in [1.54, 1.807) is 31.2 Å². The monoisotopic (exact) mass is 479 g/mol. The largest absolute Gasteiger partial charge is 0.446 e. The van der Waals surface area contributed by atoms with Crippen molar-refractivity contribution in [3.05, 3.63) is 53.4 Å². The molecule has 0 spiro atoms. The Morgan fingerprint density at radius 2 is 1.94 bits per heavy atom. The number of hydrogen-bond acceptors (Lipinski definition) is 4. The minimum Gasteiger partial charge on any atom is -0.446 e. The molecule has 0 atom stereocenters. The summed E-state index contributed by atoms with van der Waals surface area (Å²) in [4.78, 5) is 12.8. The van der Waals surface area contributed by atoms with E-state index in [1.165, 1.54) is 12.3 Å². The van der Waals surface area contributed by atoms with Crippen molar-refractivity contribution in [1.82, 2.24) is 14.3 Å². The standard InChI is InChI=1S/C23H21ClF3N3O3/c1-22(32)9-14(10-22)30-20(23(25,26)27)17(11-28-30)19-8-13(16-4-2-3-5-18(16)24)12-29(19)21(31)33-15-6-7-15/h2-5,8,11-12,14-15,32H,6-7,9-10H2,1H3. The molecule has 2 saturated carbocycles. The number of nitrogens with zero attached hydrogens (tertiary/aromatic N) is 3. The molecule has 33 heavy (non-hydrogen) atoms. The van der Waals surface area contributed by atoms with Gasteiger partial charge in [-0.15, -0.1) is 0 Å². The maximum absolute atomic E-state index is 14.2. The van der Waals surface area contributed by atoms with Crippen LogP contribution in [0.3, 0.4) is 0 Å². The van der Waals surface area contributed by atoms with Gasteiger partial charge in [0.2, 0.25) is 0 Å². The van der Waals surface area contributed by atoms with Crippen molar-refractivity contribution in [2.45, 2.75) is 56.5 Å². The maximum Gasteiger partial charge on any atom is 0.433 e. The Kier molecular flexibility index (Phi) is 5.10. The summed E-state index contributed by atoms with van der Waals surface area (Å²) in [5.74, 6) is 0. The van der Waals surface area contributed by atoms with Gasteiger partial charge in [0.05, 0.1) is 23.5 Å². The van der Waals surface area contributed by atoms with Crippen LogP contribution in [0.5, 0.6) is 0 Å². The van der Waals surface area contributed by atoms with Gasteiger partial charge in [0.25, 0.3) is 0 Å². The molecule has 5 rings (SSSR count). The molecule has 0 unspecified atom stereocenters. The van der Waals surface area contributed by atoms with Gasteiger partial charge in [0.15, 0.2) is 5.69 Å². The maximum atomic E-state index is 14.2. The van der Waals surface area contributed by atoms with E-state index in [9.17, 15) is 23.1 Å². The molecule has 6 nitrogen and oxygen atoms in total. The van der Waals surface area contributed by atoms with E-state index in [0.717, 1.165) is 28.3 Å². The summed E-state index contributed by atoms with van der Waals surface area (Å²) in [7, 11) is 0. The third-order valence-corrected chi connectivity index (χ3v) is 6.36. The highest BCUT2D eigenvalue weighted by Gasteiger charge is 2.46. The van der Waals surface area contributed by atoms with Crippen molar-refractivity contribution in [3.63, 3.8) is 0 Å². The SMILES string of the molecule is CC1(O)CC(n2ncc(-c3cc(-c4ccccc4Cl)cn3C(=O)OC3CC3)c2C(F)(F)F)C1. The fourth-order valence-electron chi connectivity index (χ4n) is 4.29. The fraction of sp³-hybridized carbons (Fsp3) is 0.391. The Morgan fingerprint density at radius 3 is 2.55 bits per heavy atom. The third-order valence-electron chi connectivity index (χ3n) is 6.03. The highest BCUT2D eigenvalue weighted by Crippen LogP contribution is 2.46. The molecule has 2 aliphatic rings. The molecule has 0 bridgehead atoms. The van der Waals surface area contributed by atoms with Gasteiger partial charge in [0.1, 0.15) is 6.10 Å². The van der Waals surface area contributed by atoms with Crippen molar-refractivity contribution < 1.29 is 27.8 Å². The second-order valence-corrected chi connectivity index (χ2v) is 9.36. The second-order valence-electron chi connectivity index (χ2n) is 8.96. The molecule has 0 amide bonds. The highest BCUT2D eigenvalue weighted by atomic mass is 35.5. The number of benzene rings is 1. The topological polar surface area (TPSA) is 69.3 Å². The summed E-state index contributed by atoms with van der Waals surface area (Å²) in [6.07, 6.45) is -1.38. The summed E-state index contributed by atoms with van der Waals surface area (Å²) in [5, 5.41) is 14.4. The molecule has 2 heterocycles. The zero-order valence-corrected chi connectivity index (χ0v) is 18.4. The zero-order valence-electron chi connectivity index (χ0n) is 17.6. The quantitative estimate of drug-likeness (QED) is 0.504. The normalized spacial score (nSPS) is 22.8. The molecule has 2 fully saturated rings. The number of aliphatic hydroxyl groups is 1. The van der Waals surface area contributed by atoms with Gasteiger partial charge in [-0.1, -0.05) is 29.8 Å². The first kappa shape index (κ1) is 22.0. The van der Waals surface area contributed by atoms with Gasteiger partial charge in [-0.3, -0.25) is 9.25 Å². The lowest BCUT2D eigenvalue weighted by molar-refractivity contribution is -0.148. The Bertz CT molecular complexity index is 1220. The van der Waals surface area contributed by atoms with E-state index in [-0.39, 0.29) is 30.2 Å². The minimum atomic E-state index is -4.73. The lowest BCUT2D eigenvalue weighted by atomic mass is 9.77. The fourth-order valence-corrected chi connectivity index (χ4v) is 4.53. The van der Waals surface area contributed by atoms with Gasteiger partial charge >= 0.3 is 12.3 Å². The number of carbonyl (C=O) groups is 1. The Labute approximate surface area is 192 Å². The third kappa shape index (κ3) is 4.15. The number of alkyl halides is 3. The smallest absolute Gasteiger partial charge is 0.433 e. The van der Waals surface area contributed by atoms with Crippen molar-refractivity contribution in [1.29, 1.82) is 0 Å². The molecular formula is C23H21ClF3N3O3. The molecule has 2 aromatic heterocycles. The van der Waals surface area contributed by atoms with Crippen molar-refractivity contribution >= 4 is 17.7 Å². The van der Waals surface area contributed by atoms with Crippen molar-refractivity contribution in [2.24, 2.45) is 0 Å². The van der Waals surface area contributed by atoms with E-state index in [2.05, 4.69) is 5.10 Å². The van der Waals surface area contributed by atoms with Gasteiger partial charge < -0.3 is 9.84 Å². The first-order valence-corrected chi connectivity index (χ1v) is 11.0. The van der Waals surface area contributed by atoms with Crippen LogP contribution >= 0.6 is 11.6 Å². The molecular weight excluding hydrogens is 459 g/mol. The first-order valence-electron chi connectivity index (χ1n) is 10.6. The van der Waals surface area contributed by atoms with Crippen LogP contribution in [0.2, 0.25) is 5.02 Å². The van der Waals surface area contributed by atoms with Gasteiger partial charge in [-0.25, -0.2) is 4.79 Å². The summed E-state index contributed by atoms with van der Waals surface area (Å²) >= 11 is 6.30. The van der Waals surface area contributed by atoms with Crippen molar-refractivity contribution in [2.75, 3.05) is 0 Å². The number of halogens is 4. The predicted molar refractivity (Wildman–Crippen MR) is 115 cm³/mol. The van der Waals surface area contributed by atoms with Crippen LogP contribution < -0.4 is 0 Å². The first-order chi connectivity index (χ1) is 15.5. The average Bonchev–Trinajstić information content (AvgIpc) is 3.24. The lowest BCUT2D eigenvalue weighted by Gasteiger charge is -2.41. The summed E-state index contributed by atoms with van der Waals surface area (Å²) < 4.78 is 50.0. The van der Waals surface area contributed by atoms with Crippen LogP contribution in [0.25, 0.3) is 22.4 Å². The molecule has 1 N–H and O–H groups in total.